The molecule has 1 aliphatic carbocycles. The Morgan fingerprint density at radius 2 is 1.92 bits per heavy atom. The van der Waals surface area contributed by atoms with Gasteiger partial charge < -0.3 is 20.9 Å². The summed E-state index contributed by atoms with van der Waals surface area (Å²) in [4.78, 5) is 30.8. The number of rotatable bonds is 6. The lowest BCUT2D eigenvalue weighted by Crippen LogP contribution is -2.47. The van der Waals surface area contributed by atoms with Gasteiger partial charge in [0.2, 0.25) is 0 Å². The highest BCUT2D eigenvalue weighted by atomic mass is 16.2. The SMILES string of the molecule is Cn1cc(-c2cc3c(N4CCC[C@@H](NC(=O)c5ccc(C6CC6)cc5)C4)ccc(C(N)=O)c3[nH]2)cn1. The van der Waals surface area contributed by atoms with Gasteiger partial charge in [0.05, 0.1) is 17.3 Å². The summed E-state index contributed by atoms with van der Waals surface area (Å²) >= 11 is 0. The molecule has 8 heteroatoms. The van der Waals surface area contributed by atoms with Crippen LogP contribution in [0.4, 0.5) is 5.69 Å². The predicted molar refractivity (Wildman–Crippen MR) is 140 cm³/mol. The van der Waals surface area contributed by atoms with Gasteiger partial charge >= 0.3 is 0 Å². The third-order valence-electron chi connectivity index (χ3n) is 7.37. The van der Waals surface area contributed by atoms with Crippen molar-refractivity contribution in [1.29, 1.82) is 0 Å². The van der Waals surface area contributed by atoms with Gasteiger partial charge in [0.25, 0.3) is 11.8 Å². The van der Waals surface area contributed by atoms with Crippen molar-refractivity contribution in [3.05, 3.63) is 71.5 Å². The van der Waals surface area contributed by atoms with E-state index in [1.54, 1.807) is 16.9 Å². The van der Waals surface area contributed by atoms with Crippen molar-refractivity contribution in [2.75, 3.05) is 18.0 Å². The average molecular weight is 483 g/mol. The second kappa shape index (κ2) is 8.86. The van der Waals surface area contributed by atoms with E-state index in [9.17, 15) is 9.59 Å². The molecule has 0 unspecified atom stereocenters. The molecule has 1 aliphatic heterocycles. The van der Waals surface area contributed by atoms with Gasteiger partial charge in [0.1, 0.15) is 0 Å². The van der Waals surface area contributed by atoms with Crippen LogP contribution >= 0.6 is 0 Å². The van der Waals surface area contributed by atoms with Crippen LogP contribution in [0, 0.1) is 0 Å². The van der Waals surface area contributed by atoms with Gasteiger partial charge in [0.15, 0.2) is 0 Å². The van der Waals surface area contributed by atoms with Crippen LogP contribution in [-0.2, 0) is 7.05 Å². The normalized spacial score (nSPS) is 17.9. The number of nitrogens with one attached hydrogen (secondary N) is 2. The Balaban J connectivity index is 1.25. The van der Waals surface area contributed by atoms with Crippen LogP contribution in [0.5, 0.6) is 0 Å². The number of aromatic nitrogens is 3. The third kappa shape index (κ3) is 4.23. The first-order chi connectivity index (χ1) is 17.5. The van der Waals surface area contributed by atoms with Crippen molar-refractivity contribution in [3.8, 4) is 11.3 Å². The Labute approximate surface area is 209 Å². The van der Waals surface area contributed by atoms with E-state index in [1.807, 2.05) is 31.4 Å². The Morgan fingerprint density at radius 1 is 1.11 bits per heavy atom. The standard InChI is InChI=1S/C28H30N6O2/c1-33-15-20(14-30-33)24-13-23-25(11-10-22(27(29)35)26(23)32-24)34-12-2-3-21(16-34)31-28(36)19-8-6-18(7-9-19)17-4-5-17/h6-11,13-15,17,21,32H,2-5,12,16H2,1H3,(H2,29,35)(H,31,36)/t21-/m1/s1. The summed E-state index contributed by atoms with van der Waals surface area (Å²) in [5.41, 5.74) is 11.7. The molecule has 0 bridgehead atoms. The van der Waals surface area contributed by atoms with Gasteiger partial charge in [-0.05, 0) is 67.5 Å². The van der Waals surface area contributed by atoms with E-state index in [1.165, 1.54) is 18.4 Å². The fourth-order valence-electron chi connectivity index (χ4n) is 5.31. The molecule has 2 aromatic carbocycles. The predicted octanol–water partition coefficient (Wildman–Crippen LogP) is 3.94. The molecule has 2 aromatic heterocycles. The molecule has 8 nitrogen and oxygen atoms in total. The van der Waals surface area contributed by atoms with E-state index in [0.717, 1.165) is 47.2 Å². The fourth-order valence-corrected chi connectivity index (χ4v) is 5.31. The number of aryl methyl sites for hydroxylation is 1. The minimum absolute atomic E-state index is 0.0288. The van der Waals surface area contributed by atoms with Gasteiger partial charge in [-0.25, -0.2) is 0 Å². The number of H-pyrrole nitrogens is 1. The molecule has 0 radical (unpaired) electrons. The number of fused-ring (bicyclic) bond motifs is 1. The molecule has 3 heterocycles. The number of anilines is 1. The van der Waals surface area contributed by atoms with Crippen LogP contribution in [0.1, 0.15) is 57.9 Å². The summed E-state index contributed by atoms with van der Waals surface area (Å²) in [6.07, 6.45) is 8.11. The lowest BCUT2D eigenvalue weighted by atomic mass is 10.0. The molecule has 4 aromatic rings. The molecule has 1 saturated heterocycles. The smallest absolute Gasteiger partial charge is 0.251 e. The van der Waals surface area contributed by atoms with E-state index < -0.39 is 5.91 Å². The lowest BCUT2D eigenvalue weighted by molar-refractivity contribution is 0.0932. The van der Waals surface area contributed by atoms with E-state index in [0.29, 0.717) is 23.6 Å². The molecule has 0 spiro atoms. The summed E-state index contributed by atoms with van der Waals surface area (Å²) in [5.74, 6) is 0.181. The number of aromatic amines is 1. The molecule has 4 N–H and O–H groups in total. The number of hydrogen-bond acceptors (Lipinski definition) is 4. The molecule has 36 heavy (non-hydrogen) atoms. The topological polar surface area (TPSA) is 109 Å². The summed E-state index contributed by atoms with van der Waals surface area (Å²) in [6.45, 7) is 1.57. The highest BCUT2D eigenvalue weighted by Gasteiger charge is 2.26. The number of nitrogens with zero attached hydrogens (tertiary/aromatic N) is 3. The van der Waals surface area contributed by atoms with E-state index in [4.69, 9.17) is 5.73 Å². The van der Waals surface area contributed by atoms with Crippen LogP contribution in [0.3, 0.4) is 0 Å². The zero-order chi connectivity index (χ0) is 24.8. The first kappa shape index (κ1) is 22.4. The highest BCUT2D eigenvalue weighted by Crippen LogP contribution is 2.40. The van der Waals surface area contributed by atoms with Crippen molar-refractivity contribution < 1.29 is 9.59 Å². The van der Waals surface area contributed by atoms with Crippen LogP contribution in [0.2, 0.25) is 0 Å². The van der Waals surface area contributed by atoms with Crippen molar-refractivity contribution in [3.63, 3.8) is 0 Å². The number of nitrogens with two attached hydrogens (primary N) is 1. The van der Waals surface area contributed by atoms with Crippen molar-refractivity contribution in [2.24, 2.45) is 12.8 Å². The molecular formula is C28H30N6O2. The Kier molecular flexibility index (Phi) is 5.51. The second-order valence-corrected chi connectivity index (χ2v) is 10.0. The summed E-state index contributed by atoms with van der Waals surface area (Å²) in [5, 5.41) is 8.44. The minimum atomic E-state index is -0.470. The summed E-state index contributed by atoms with van der Waals surface area (Å²) in [6, 6.07) is 13.9. The van der Waals surface area contributed by atoms with Crippen LogP contribution in [0.25, 0.3) is 22.2 Å². The largest absolute Gasteiger partial charge is 0.369 e. The summed E-state index contributed by atoms with van der Waals surface area (Å²) < 4.78 is 1.74. The zero-order valence-electron chi connectivity index (χ0n) is 20.3. The van der Waals surface area contributed by atoms with Gasteiger partial charge in [-0.15, -0.1) is 0 Å². The molecule has 1 saturated carbocycles. The monoisotopic (exact) mass is 482 g/mol. The Bertz CT molecular complexity index is 1450. The molecule has 6 rings (SSSR count). The number of hydrogen-bond donors (Lipinski definition) is 3. The number of carbonyl (C=O) groups is 2. The van der Waals surface area contributed by atoms with Gasteiger partial charge in [-0.2, -0.15) is 5.10 Å². The minimum Gasteiger partial charge on any atom is -0.369 e. The van der Waals surface area contributed by atoms with E-state index in [2.05, 4.69) is 38.5 Å². The Hall–Kier alpha value is -4.07. The number of amides is 2. The molecular weight excluding hydrogens is 452 g/mol. The lowest BCUT2D eigenvalue weighted by Gasteiger charge is -2.35. The quantitative estimate of drug-likeness (QED) is 0.387. The van der Waals surface area contributed by atoms with Gasteiger partial charge in [-0.3, -0.25) is 14.3 Å². The summed E-state index contributed by atoms with van der Waals surface area (Å²) in [7, 11) is 1.87. The van der Waals surface area contributed by atoms with Crippen molar-refractivity contribution >= 4 is 28.4 Å². The zero-order valence-corrected chi connectivity index (χ0v) is 20.3. The van der Waals surface area contributed by atoms with E-state index >= 15 is 0 Å². The molecule has 2 fully saturated rings. The first-order valence-corrected chi connectivity index (χ1v) is 12.6. The highest BCUT2D eigenvalue weighted by molar-refractivity contribution is 6.10. The van der Waals surface area contributed by atoms with Crippen LogP contribution in [0.15, 0.2) is 54.9 Å². The molecule has 1 atom stereocenters. The van der Waals surface area contributed by atoms with Crippen LogP contribution in [-0.4, -0.2) is 45.7 Å². The maximum Gasteiger partial charge on any atom is 0.251 e. The number of benzene rings is 2. The number of carbonyl (C=O) groups excluding carboxylic acids is 2. The molecule has 2 aliphatic rings. The first-order valence-electron chi connectivity index (χ1n) is 12.6. The third-order valence-corrected chi connectivity index (χ3v) is 7.37. The van der Waals surface area contributed by atoms with Crippen molar-refractivity contribution in [1.82, 2.24) is 20.1 Å². The molecule has 184 valence electrons. The molecule has 2 amide bonds. The maximum atomic E-state index is 13.0. The maximum absolute atomic E-state index is 13.0. The fraction of sp³-hybridized carbons (Fsp3) is 0.321. The average Bonchev–Trinajstić information content (AvgIpc) is 3.49. The number of primary amides is 1. The van der Waals surface area contributed by atoms with Crippen LogP contribution < -0.4 is 16.0 Å². The van der Waals surface area contributed by atoms with Gasteiger partial charge in [0, 0.05) is 60.3 Å². The van der Waals surface area contributed by atoms with E-state index in [-0.39, 0.29) is 11.9 Å². The van der Waals surface area contributed by atoms with Gasteiger partial charge in [-0.1, -0.05) is 12.1 Å². The Morgan fingerprint density at radius 3 is 2.61 bits per heavy atom. The van der Waals surface area contributed by atoms with Crippen molar-refractivity contribution in [2.45, 2.75) is 37.6 Å². The number of piperidine rings is 1. The second-order valence-electron chi connectivity index (χ2n) is 10.0.